The lowest BCUT2D eigenvalue weighted by Crippen LogP contribution is -2.38. The van der Waals surface area contributed by atoms with Gasteiger partial charge in [0, 0.05) is 11.7 Å². The van der Waals surface area contributed by atoms with E-state index in [4.69, 9.17) is 0 Å². The van der Waals surface area contributed by atoms with Crippen LogP contribution in [0, 0.1) is 0 Å². The van der Waals surface area contributed by atoms with Gasteiger partial charge in [-0.25, -0.2) is 0 Å². The van der Waals surface area contributed by atoms with Gasteiger partial charge in [0.15, 0.2) is 0 Å². The number of amides is 1. The summed E-state index contributed by atoms with van der Waals surface area (Å²) in [6.45, 7) is 0.338. The molecule has 0 saturated carbocycles. The lowest BCUT2D eigenvalue weighted by molar-refractivity contribution is -0.120. The molecule has 0 radical (unpaired) electrons. The number of hydrogen-bond donors (Lipinski definition) is 2. The number of anilines is 1. The predicted octanol–water partition coefficient (Wildman–Crippen LogP) is 2.32. The van der Waals surface area contributed by atoms with Crippen molar-refractivity contribution in [2.24, 2.45) is 0 Å². The number of carbonyl (C=O) groups excluding carboxylic acids is 1. The first-order valence-corrected chi connectivity index (χ1v) is 6.08. The van der Waals surface area contributed by atoms with E-state index in [9.17, 15) is 4.79 Å². The van der Waals surface area contributed by atoms with Crippen LogP contribution >= 0.6 is 0 Å². The second kappa shape index (κ2) is 6.09. The summed E-state index contributed by atoms with van der Waals surface area (Å²) in [5.74, 6) is 0.0640. The average molecular weight is 230 g/mol. The average Bonchev–Trinajstić information content (AvgIpc) is 2.39. The second-order valence-electron chi connectivity index (χ2n) is 4.27. The Morgan fingerprint density at radius 1 is 1.24 bits per heavy atom. The molecule has 3 nitrogen and oxygen atoms in total. The summed E-state index contributed by atoms with van der Waals surface area (Å²) < 4.78 is 0. The maximum Gasteiger partial charge on any atom is 0.239 e. The molecule has 1 amide bonds. The summed E-state index contributed by atoms with van der Waals surface area (Å²) in [7, 11) is 0. The smallest absolute Gasteiger partial charge is 0.239 e. The zero-order chi connectivity index (χ0) is 11.9. The first-order valence-electron chi connectivity index (χ1n) is 6.08. The summed E-state index contributed by atoms with van der Waals surface area (Å²) in [6.07, 6.45) is 7.38. The van der Waals surface area contributed by atoms with Crippen LogP contribution in [0.25, 0.3) is 0 Å². The molecular weight excluding hydrogens is 212 g/mol. The van der Waals surface area contributed by atoms with Crippen molar-refractivity contribution < 1.29 is 4.79 Å². The molecule has 0 fully saturated rings. The number of para-hydroxylation sites is 1. The van der Waals surface area contributed by atoms with Gasteiger partial charge in [-0.05, 0) is 31.4 Å². The van der Waals surface area contributed by atoms with Gasteiger partial charge < -0.3 is 10.6 Å². The molecule has 0 aromatic heterocycles. The highest BCUT2D eigenvalue weighted by molar-refractivity contribution is 5.80. The Morgan fingerprint density at radius 3 is 2.76 bits per heavy atom. The van der Waals surface area contributed by atoms with E-state index in [0.717, 1.165) is 24.9 Å². The lowest BCUT2D eigenvalue weighted by atomic mass is 10.0. The van der Waals surface area contributed by atoms with Crippen molar-refractivity contribution in [3.8, 4) is 0 Å². The zero-order valence-electron chi connectivity index (χ0n) is 9.86. The van der Waals surface area contributed by atoms with Gasteiger partial charge in [-0.15, -0.1) is 0 Å². The first-order chi connectivity index (χ1) is 8.34. The molecule has 2 N–H and O–H groups in total. The Kier molecular flexibility index (Phi) is 4.19. The van der Waals surface area contributed by atoms with Crippen LogP contribution in [0.5, 0.6) is 0 Å². The van der Waals surface area contributed by atoms with Gasteiger partial charge in [0.2, 0.25) is 5.91 Å². The molecule has 1 aliphatic rings. The Balaban J connectivity index is 1.72. The minimum Gasteiger partial charge on any atom is -0.376 e. The van der Waals surface area contributed by atoms with Crippen LogP contribution < -0.4 is 10.6 Å². The number of nitrogens with one attached hydrogen (secondary N) is 2. The van der Waals surface area contributed by atoms with Crippen LogP contribution in [-0.2, 0) is 4.79 Å². The summed E-state index contributed by atoms with van der Waals surface area (Å²) in [4.78, 5) is 11.7. The van der Waals surface area contributed by atoms with Crippen molar-refractivity contribution in [1.82, 2.24) is 5.32 Å². The summed E-state index contributed by atoms with van der Waals surface area (Å²) in [5.41, 5.74) is 0.978. The van der Waals surface area contributed by atoms with E-state index in [1.807, 2.05) is 30.3 Å². The predicted molar refractivity (Wildman–Crippen MR) is 69.9 cm³/mol. The molecule has 0 aliphatic heterocycles. The van der Waals surface area contributed by atoms with E-state index in [0.29, 0.717) is 12.6 Å². The van der Waals surface area contributed by atoms with Gasteiger partial charge in [-0.2, -0.15) is 0 Å². The molecule has 1 aliphatic carbocycles. The highest BCUT2D eigenvalue weighted by atomic mass is 16.1. The Hall–Kier alpha value is -1.77. The van der Waals surface area contributed by atoms with Gasteiger partial charge in [-0.1, -0.05) is 30.4 Å². The molecule has 0 bridgehead atoms. The van der Waals surface area contributed by atoms with E-state index in [1.165, 1.54) is 0 Å². The van der Waals surface area contributed by atoms with Crippen LogP contribution in [-0.4, -0.2) is 18.5 Å². The van der Waals surface area contributed by atoms with Crippen molar-refractivity contribution in [2.45, 2.75) is 25.3 Å². The molecular formula is C14H18N2O. The highest BCUT2D eigenvalue weighted by Crippen LogP contribution is 2.10. The number of rotatable bonds is 4. The monoisotopic (exact) mass is 230 g/mol. The zero-order valence-corrected chi connectivity index (χ0v) is 9.86. The molecule has 1 atom stereocenters. The largest absolute Gasteiger partial charge is 0.376 e. The standard InChI is InChI=1S/C14H18N2O/c17-14(16-13-9-5-2-6-10-13)11-15-12-7-3-1-4-8-12/h1-5,7-8,13,15H,6,9-11H2,(H,16,17). The fourth-order valence-electron chi connectivity index (χ4n) is 1.94. The van der Waals surface area contributed by atoms with Crippen LogP contribution in [0.15, 0.2) is 42.5 Å². The van der Waals surface area contributed by atoms with Gasteiger partial charge in [-0.3, -0.25) is 4.79 Å². The molecule has 1 unspecified atom stereocenters. The maximum absolute atomic E-state index is 11.7. The Morgan fingerprint density at radius 2 is 2.06 bits per heavy atom. The van der Waals surface area contributed by atoms with Gasteiger partial charge in [0.1, 0.15) is 0 Å². The quantitative estimate of drug-likeness (QED) is 0.779. The van der Waals surface area contributed by atoms with Crippen molar-refractivity contribution >= 4 is 11.6 Å². The summed E-state index contributed by atoms with van der Waals surface area (Å²) in [6, 6.07) is 10.1. The van der Waals surface area contributed by atoms with Crippen molar-refractivity contribution in [1.29, 1.82) is 0 Å². The fourth-order valence-corrected chi connectivity index (χ4v) is 1.94. The van der Waals surface area contributed by atoms with Crippen LogP contribution in [0.1, 0.15) is 19.3 Å². The molecule has 0 heterocycles. The number of hydrogen-bond acceptors (Lipinski definition) is 2. The van der Waals surface area contributed by atoms with Crippen LogP contribution in [0.3, 0.4) is 0 Å². The third-order valence-electron chi connectivity index (χ3n) is 2.86. The van der Waals surface area contributed by atoms with E-state index in [-0.39, 0.29) is 5.91 Å². The third kappa shape index (κ3) is 3.94. The number of carbonyl (C=O) groups is 1. The molecule has 0 spiro atoms. The van der Waals surface area contributed by atoms with Crippen LogP contribution in [0.2, 0.25) is 0 Å². The summed E-state index contributed by atoms with van der Waals surface area (Å²) in [5, 5.41) is 6.14. The maximum atomic E-state index is 11.7. The van der Waals surface area contributed by atoms with Crippen LogP contribution in [0.4, 0.5) is 5.69 Å². The topological polar surface area (TPSA) is 41.1 Å². The van der Waals surface area contributed by atoms with Gasteiger partial charge >= 0.3 is 0 Å². The molecule has 17 heavy (non-hydrogen) atoms. The molecule has 1 aromatic carbocycles. The normalized spacial score (nSPS) is 18.7. The molecule has 90 valence electrons. The van der Waals surface area contributed by atoms with Gasteiger partial charge in [0.25, 0.3) is 0 Å². The van der Waals surface area contributed by atoms with E-state index in [2.05, 4.69) is 22.8 Å². The number of benzene rings is 1. The third-order valence-corrected chi connectivity index (χ3v) is 2.86. The Labute approximate surface area is 102 Å². The minimum atomic E-state index is 0.0640. The van der Waals surface area contributed by atoms with Gasteiger partial charge in [0.05, 0.1) is 6.54 Å². The molecule has 1 aromatic rings. The molecule has 3 heteroatoms. The lowest BCUT2D eigenvalue weighted by Gasteiger charge is -2.19. The summed E-state index contributed by atoms with van der Waals surface area (Å²) >= 11 is 0. The number of allylic oxidation sites excluding steroid dienone is 1. The second-order valence-corrected chi connectivity index (χ2v) is 4.27. The Bertz CT molecular complexity index is 386. The fraction of sp³-hybridized carbons (Fsp3) is 0.357. The molecule has 2 rings (SSSR count). The van der Waals surface area contributed by atoms with Crippen molar-refractivity contribution in [3.05, 3.63) is 42.5 Å². The van der Waals surface area contributed by atoms with Crippen molar-refractivity contribution in [3.63, 3.8) is 0 Å². The highest BCUT2D eigenvalue weighted by Gasteiger charge is 2.12. The van der Waals surface area contributed by atoms with E-state index < -0.39 is 0 Å². The van der Waals surface area contributed by atoms with E-state index in [1.54, 1.807) is 0 Å². The van der Waals surface area contributed by atoms with Crippen molar-refractivity contribution in [2.75, 3.05) is 11.9 Å². The SMILES string of the molecule is O=C(CNc1ccccc1)NC1CC=CCC1. The minimum absolute atomic E-state index is 0.0640. The van der Waals surface area contributed by atoms with E-state index >= 15 is 0 Å². The first kappa shape index (κ1) is 11.7. The molecule has 0 saturated heterocycles.